The van der Waals surface area contributed by atoms with Crippen molar-refractivity contribution in [2.24, 2.45) is 0 Å². The van der Waals surface area contributed by atoms with E-state index in [1.165, 1.54) is 68.2 Å². The summed E-state index contributed by atoms with van der Waals surface area (Å²) >= 11 is 3.71. The van der Waals surface area contributed by atoms with Gasteiger partial charge in [0.05, 0.1) is 0 Å². The molecular weight excluding hydrogens is 324 g/mol. The van der Waals surface area contributed by atoms with Crippen LogP contribution in [-0.4, -0.2) is 31.1 Å². The average molecular weight is 353 g/mol. The van der Waals surface area contributed by atoms with Crippen molar-refractivity contribution in [3.8, 4) is 0 Å². The molecule has 21 heavy (non-hydrogen) atoms. The van der Waals surface area contributed by atoms with Crippen LogP contribution >= 0.6 is 15.9 Å². The molecule has 2 rings (SSSR count). The number of hydrogen-bond acceptors (Lipinski definition) is 2. The van der Waals surface area contributed by atoms with E-state index in [2.05, 4.69) is 57.3 Å². The van der Waals surface area contributed by atoms with Gasteiger partial charge in [0.25, 0.3) is 0 Å². The lowest BCUT2D eigenvalue weighted by Crippen LogP contribution is -2.30. The van der Waals surface area contributed by atoms with E-state index in [9.17, 15) is 0 Å². The Hall–Kier alpha value is -0.380. The van der Waals surface area contributed by atoms with E-state index in [4.69, 9.17) is 0 Å². The Kier molecular flexibility index (Phi) is 7.76. The lowest BCUT2D eigenvalue weighted by molar-refractivity contribution is 0.266. The summed E-state index contributed by atoms with van der Waals surface area (Å²) in [7, 11) is 0. The molecule has 2 nitrogen and oxygen atoms in total. The molecule has 1 aliphatic rings. The fourth-order valence-corrected chi connectivity index (χ4v) is 3.68. The molecule has 118 valence electrons. The first-order chi connectivity index (χ1) is 10.3. The minimum absolute atomic E-state index is 0.462. The zero-order valence-corrected chi connectivity index (χ0v) is 14.9. The molecule has 1 atom stereocenters. The molecule has 1 aromatic rings. The Morgan fingerprint density at radius 1 is 1.14 bits per heavy atom. The van der Waals surface area contributed by atoms with E-state index in [1.54, 1.807) is 0 Å². The maximum atomic E-state index is 3.73. The van der Waals surface area contributed by atoms with Gasteiger partial charge in [-0.05, 0) is 63.5 Å². The second-order valence-corrected chi connectivity index (χ2v) is 6.93. The lowest BCUT2D eigenvalue weighted by atomic mass is 10.0. The van der Waals surface area contributed by atoms with Crippen molar-refractivity contribution in [1.29, 1.82) is 0 Å². The number of nitrogens with one attached hydrogen (secondary N) is 1. The van der Waals surface area contributed by atoms with Crippen LogP contribution in [0.25, 0.3) is 0 Å². The number of nitrogens with zero attached hydrogens (tertiary/aromatic N) is 1. The number of halogens is 1. The van der Waals surface area contributed by atoms with E-state index in [0.29, 0.717) is 6.04 Å². The summed E-state index contributed by atoms with van der Waals surface area (Å²) in [6, 6.07) is 9.11. The zero-order valence-electron chi connectivity index (χ0n) is 13.3. The Bertz CT molecular complexity index is 400. The highest BCUT2D eigenvalue weighted by Crippen LogP contribution is 2.26. The number of hydrogen-bond donors (Lipinski definition) is 1. The maximum absolute atomic E-state index is 3.73. The van der Waals surface area contributed by atoms with Gasteiger partial charge in [-0.15, -0.1) is 0 Å². The quantitative estimate of drug-likeness (QED) is 0.761. The fraction of sp³-hybridized carbons (Fsp3) is 0.667. The number of likely N-dealkylation sites (tertiary alicyclic amines) is 1. The molecule has 1 N–H and O–H groups in total. The third-order valence-corrected chi connectivity index (χ3v) is 5.08. The molecule has 1 unspecified atom stereocenters. The van der Waals surface area contributed by atoms with Crippen LogP contribution in [0.15, 0.2) is 28.7 Å². The van der Waals surface area contributed by atoms with Crippen LogP contribution in [0, 0.1) is 0 Å². The van der Waals surface area contributed by atoms with Crippen LogP contribution in [0.3, 0.4) is 0 Å². The highest BCUT2D eigenvalue weighted by molar-refractivity contribution is 9.10. The molecule has 1 aliphatic heterocycles. The van der Waals surface area contributed by atoms with Gasteiger partial charge in [0, 0.05) is 10.5 Å². The third-order valence-electron chi connectivity index (χ3n) is 4.35. The summed E-state index contributed by atoms with van der Waals surface area (Å²) in [5.41, 5.74) is 1.40. The first kappa shape index (κ1) is 17.0. The highest BCUT2D eigenvalue weighted by atomic mass is 79.9. The van der Waals surface area contributed by atoms with Gasteiger partial charge in [0.15, 0.2) is 0 Å². The van der Waals surface area contributed by atoms with E-state index >= 15 is 0 Å². The van der Waals surface area contributed by atoms with Gasteiger partial charge in [0.1, 0.15) is 0 Å². The molecule has 0 aliphatic carbocycles. The summed E-state index contributed by atoms with van der Waals surface area (Å²) in [5.74, 6) is 0. The first-order valence-electron chi connectivity index (χ1n) is 8.51. The topological polar surface area (TPSA) is 15.3 Å². The predicted octanol–water partition coefficient (Wildman–Crippen LogP) is 4.76. The molecule has 0 radical (unpaired) electrons. The number of benzene rings is 1. The molecule has 0 aromatic heterocycles. The molecule has 1 heterocycles. The van der Waals surface area contributed by atoms with Gasteiger partial charge in [-0.25, -0.2) is 0 Å². The van der Waals surface area contributed by atoms with Crippen LogP contribution in [0.5, 0.6) is 0 Å². The van der Waals surface area contributed by atoms with E-state index in [0.717, 1.165) is 6.54 Å². The maximum Gasteiger partial charge on any atom is 0.0343 e. The molecule has 3 heteroatoms. The zero-order chi connectivity index (χ0) is 14.9. The first-order valence-corrected chi connectivity index (χ1v) is 9.30. The monoisotopic (exact) mass is 352 g/mol. The lowest BCUT2D eigenvalue weighted by Gasteiger charge is -2.25. The fourth-order valence-electron chi connectivity index (χ4n) is 3.12. The molecule has 0 amide bonds. The Balaban J connectivity index is 1.94. The molecule has 1 saturated heterocycles. The van der Waals surface area contributed by atoms with Crippen LogP contribution < -0.4 is 5.32 Å². The average Bonchev–Trinajstić information content (AvgIpc) is 2.77. The Morgan fingerprint density at radius 2 is 1.86 bits per heavy atom. The van der Waals surface area contributed by atoms with Crippen molar-refractivity contribution in [1.82, 2.24) is 10.2 Å². The summed E-state index contributed by atoms with van der Waals surface area (Å²) in [6.45, 7) is 7.11. The Labute approximate surface area is 138 Å². The van der Waals surface area contributed by atoms with Crippen molar-refractivity contribution in [2.75, 3.05) is 26.2 Å². The normalized spacial score (nSPS) is 18.4. The minimum Gasteiger partial charge on any atom is -0.310 e. The van der Waals surface area contributed by atoms with Crippen molar-refractivity contribution in [2.45, 2.75) is 51.5 Å². The summed E-state index contributed by atoms with van der Waals surface area (Å²) in [4.78, 5) is 2.66. The smallest absolute Gasteiger partial charge is 0.0343 e. The third kappa shape index (κ3) is 5.72. The predicted molar refractivity (Wildman–Crippen MR) is 94.7 cm³/mol. The molecule has 0 bridgehead atoms. The molecule has 1 fully saturated rings. The summed E-state index contributed by atoms with van der Waals surface area (Å²) in [5, 5.41) is 3.73. The van der Waals surface area contributed by atoms with Crippen LogP contribution in [-0.2, 0) is 0 Å². The van der Waals surface area contributed by atoms with E-state index in [1.807, 2.05) is 0 Å². The number of rotatable bonds is 7. The van der Waals surface area contributed by atoms with Crippen molar-refractivity contribution in [3.63, 3.8) is 0 Å². The minimum atomic E-state index is 0.462. The molecule has 1 aromatic carbocycles. The highest BCUT2D eigenvalue weighted by Gasteiger charge is 2.16. The summed E-state index contributed by atoms with van der Waals surface area (Å²) < 4.78 is 1.23. The van der Waals surface area contributed by atoms with Crippen molar-refractivity contribution >= 4 is 15.9 Å². The van der Waals surface area contributed by atoms with Gasteiger partial charge in [-0.1, -0.05) is 53.9 Å². The molecule has 0 spiro atoms. The van der Waals surface area contributed by atoms with Gasteiger partial charge in [0.2, 0.25) is 0 Å². The van der Waals surface area contributed by atoms with Gasteiger partial charge in [-0.2, -0.15) is 0 Å². The standard InChI is InChI=1S/C18H29BrN2/c1-2-12-20-18(16-9-5-6-10-17(16)19)11-15-21-13-7-3-4-8-14-21/h5-6,9-10,18,20H,2-4,7-8,11-15H2,1H3. The van der Waals surface area contributed by atoms with Gasteiger partial charge in [-0.3, -0.25) is 0 Å². The van der Waals surface area contributed by atoms with Gasteiger partial charge >= 0.3 is 0 Å². The largest absolute Gasteiger partial charge is 0.310 e. The van der Waals surface area contributed by atoms with Crippen LogP contribution in [0.4, 0.5) is 0 Å². The van der Waals surface area contributed by atoms with Gasteiger partial charge < -0.3 is 10.2 Å². The van der Waals surface area contributed by atoms with E-state index < -0.39 is 0 Å². The van der Waals surface area contributed by atoms with Crippen molar-refractivity contribution in [3.05, 3.63) is 34.3 Å². The molecule has 0 saturated carbocycles. The molecular formula is C18H29BrN2. The van der Waals surface area contributed by atoms with Crippen molar-refractivity contribution < 1.29 is 0 Å². The van der Waals surface area contributed by atoms with E-state index in [-0.39, 0.29) is 0 Å². The summed E-state index contributed by atoms with van der Waals surface area (Å²) in [6.07, 6.45) is 7.97. The SMILES string of the molecule is CCCNC(CCN1CCCCCC1)c1ccccc1Br. The van der Waals surface area contributed by atoms with Crippen LogP contribution in [0.1, 0.15) is 57.1 Å². The Morgan fingerprint density at radius 3 is 2.52 bits per heavy atom. The van der Waals surface area contributed by atoms with Crippen LogP contribution in [0.2, 0.25) is 0 Å². The second kappa shape index (κ2) is 9.60. The second-order valence-electron chi connectivity index (χ2n) is 6.07.